The molecule has 0 aliphatic rings. The Hall–Kier alpha value is -1.52. The first-order valence-corrected chi connectivity index (χ1v) is 5.00. The zero-order chi connectivity index (χ0) is 12.3. The van der Waals surface area contributed by atoms with Gasteiger partial charge in [0.2, 0.25) is 0 Å². The maximum absolute atomic E-state index is 12.3. The number of rotatable bonds is 0. The highest BCUT2D eigenvalue weighted by Gasteiger charge is 2.30. The number of alkyl halides is 3. The number of hydrogen-bond acceptors (Lipinski definition) is 1. The van der Waals surface area contributed by atoms with Crippen molar-refractivity contribution in [2.75, 3.05) is 0 Å². The molecule has 2 aromatic rings. The summed E-state index contributed by atoms with van der Waals surface area (Å²) in [4.78, 5) is 6.77. The molecule has 0 saturated carbocycles. The standard InChI is InChI=1S/C9H7F3N2.C2H6/c1-5-13-7-3-2-6(9(10,11)12)4-8(7)14-5;1-2/h2-4H,1H3,(H,13,14);1-2H3. The van der Waals surface area contributed by atoms with Crippen LogP contribution in [0.5, 0.6) is 0 Å². The van der Waals surface area contributed by atoms with E-state index in [-0.39, 0.29) is 0 Å². The van der Waals surface area contributed by atoms with Gasteiger partial charge in [0.15, 0.2) is 0 Å². The van der Waals surface area contributed by atoms with E-state index in [0.29, 0.717) is 16.9 Å². The molecule has 0 unspecified atom stereocenters. The summed E-state index contributed by atoms with van der Waals surface area (Å²) < 4.78 is 36.9. The number of aromatic amines is 1. The van der Waals surface area contributed by atoms with Crippen molar-refractivity contribution >= 4 is 11.0 Å². The number of hydrogen-bond donors (Lipinski definition) is 1. The van der Waals surface area contributed by atoms with Gasteiger partial charge in [-0.15, -0.1) is 0 Å². The average Bonchev–Trinajstić information content (AvgIpc) is 2.58. The first-order chi connectivity index (χ1) is 7.47. The summed E-state index contributed by atoms with van der Waals surface area (Å²) in [6.07, 6.45) is -4.30. The minimum absolute atomic E-state index is 0.414. The van der Waals surface area contributed by atoms with Crippen molar-refractivity contribution in [2.24, 2.45) is 0 Å². The van der Waals surface area contributed by atoms with Gasteiger partial charge < -0.3 is 4.98 Å². The van der Waals surface area contributed by atoms with Gasteiger partial charge in [0.1, 0.15) is 5.82 Å². The van der Waals surface area contributed by atoms with Crippen molar-refractivity contribution in [1.82, 2.24) is 9.97 Å². The normalized spacial score (nSPS) is 11.1. The van der Waals surface area contributed by atoms with Crippen molar-refractivity contribution in [3.05, 3.63) is 29.6 Å². The molecule has 2 rings (SSSR count). The number of nitrogens with one attached hydrogen (secondary N) is 1. The molecule has 0 aliphatic heterocycles. The Kier molecular flexibility index (Phi) is 3.57. The summed E-state index contributed by atoms with van der Waals surface area (Å²) in [5.74, 6) is 0.610. The van der Waals surface area contributed by atoms with E-state index in [1.807, 2.05) is 13.8 Å². The van der Waals surface area contributed by atoms with Crippen LogP contribution in [0.4, 0.5) is 13.2 Å². The second-order valence-electron chi connectivity index (χ2n) is 3.05. The molecule has 0 radical (unpaired) electrons. The number of aromatic nitrogens is 2. The topological polar surface area (TPSA) is 28.7 Å². The second-order valence-corrected chi connectivity index (χ2v) is 3.05. The molecule has 0 atom stereocenters. The van der Waals surface area contributed by atoms with Gasteiger partial charge in [0, 0.05) is 0 Å². The Morgan fingerprint density at radius 3 is 2.38 bits per heavy atom. The number of benzene rings is 1. The largest absolute Gasteiger partial charge is 0.416 e. The van der Waals surface area contributed by atoms with Gasteiger partial charge >= 0.3 is 6.18 Å². The molecule has 0 fully saturated rings. The number of imidazole rings is 1. The quantitative estimate of drug-likeness (QED) is 0.730. The number of fused-ring (bicyclic) bond motifs is 1. The summed E-state index contributed by atoms with van der Waals surface area (Å²) in [6, 6.07) is 3.46. The SMILES string of the molecule is CC.Cc1nc2ccc(C(F)(F)F)cc2[nH]1. The molecule has 0 saturated heterocycles. The summed E-state index contributed by atoms with van der Waals surface area (Å²) >= 11 is 0. The molecular weight excluding hydrogens is 217 g/mol. The molecule has 0 spiro atoms. The second kappa shape index (κ2) is 4.55. The predicted molar refractivity (Wildman–Crippen MR) is 57.2 cm³/mol. The van der Waals surface area contributed by atoms with E-state index >= 15 is 0 Å². The third-order valence-corrected chi connectivity index (χ3v) is 1.93. The number of nitrogens with zero attached hydrogens (tertiary/aromatic N) is 1. The predicted octanol–water partition coefficient (Wildman–Crippen LogP) is 3.92. The van der Waals surface area contributed by atoms with Crippen LogP contribution in [-0.4, -0.2) is 9.97 Å². The Morgan fingerprint density at radius 2 is 1.81 bits per heavy atom. The molecule has 2 nitrogen and oxygen atoms in total. The first kappa shape index (κ1) is 12.5. The Labute approximate surface area is 91.5 Å². The lowest BCUT2D eigenvalue weighted by Crippen LogP contribution is -2.04. The lowest BCUT2D eigenvalue weighted by Gasteiger charge is -2.05. The number of halogens is 3. The summed E-state index contributed by atoms with van der Waals surface area (Å²) in [5.41, 5.74) is 0.307. The number of aryl methyl sites for hydroxylation is 1. The minimum atomic E-state index is -4.30. The molecule has 1 N–H and O–H groups in total. The molecule has 1 aromatic heterocycles. The van der Waals surface area contributed by atoms with E-state index in [1.54, 1.807) is 6.92 Å². The molecule has 0 aliphatic carbocycles. The van der Waals surface area contributed by atoms with Crippen LogP contribution in [0, 0.1) is 6.92 Å². The number of H-pyrrole nitrogens is 1. The summed E-state index contributed by atoms with van der Waals surface area (Å²) in [6.45, 7) is 5.70. The van der Waals surface area contributed by atoms with Gasteiger partial charge in [-0.1, -0.05) is 13.8 Å². The highest BCUT2D eigenvalue weighted by Crippen LogP contribution is 2.30. The van der Waals surface area contributed by atoms with Crippen molar-refractivity contribution in [3.63, 3.8) is 0 Å². The van der Waals surface area contributed by atoms with E-state index in [2.05, 4.69) is 9.97 Å². The smallest absolute Gasteiger partial charge is 0.342 e. The summed E-state index contributed by atoms with van der Waals surface area (Å²) in [5, 5.41) is 0. The Morgan fingerprint density at radius 1 is 1.19 bits per heavy atom. The zero-order valence-electron chi connectivity index (χ0n) is 9.31. The van der Waals surface area contributed by atoms with E-state index in [1.165, 1.54) is 6.07 Å². The third-order valence-electron chi connectivity index (χ3n) is 1.93. The van der Waals surface area contributed by atoms with Gasteiger partial charge in [-0.2, -0.15) is 13.2 Å². The van der Waals surface area contributed by atoms with Crippen LogP contribution in [0.25, 0.3) is 11.0 Å². The molecular formula is C11H13F3N2. The average molecular weight is 230 g/mol. The fraction of sp³-hybridized carbons (Fsp3) is 0.364. The van der Waals surface area contributed by atoms with Crippen LogP contribution in [0.15, 0.2) is 18.2 Å². The molecule has 1 aromatic carbocycles. The Bertz CT molecular complexity index is 472. The highest BCUT2D eigenvalue weighted by atomic mass is 19.4. The maximum atomic E-state index is 12.3. The molecule has 0 bridgehead atoms. The molecule has 88 valence electrons. The van der Waals surface area contributed by atoms with E-state index in [0.717, 1.165) is 12.1 Å². The van der Waals surface area contributed by atoms with Gasteiger partial charge in [-0.3, -0.25) is 0 Å². The lowest BCUT2D eigenvalue weighted by molar-refractivity contribution is -0.137. The first-order valence-electron chi connectivity index (χ1n) is 5.00. The van der Waals surface area contributed by atoms with E-state index in [4.69, 9.17) is 0 Å². The Balaban J connectivity index is 0.000000606. The van der Waals surface area contributed by atoms with Crippen LogP contribution in [-0.2, 0) is 6.18 Å². The van der Waals surface area contributed by atoms with Crippen molar-refractivity contribution in [3.8, 4) is 0 Å². The van der Waals surface area contributed by atoms with Crippen LogP contribution >= 0.6 is 0 Å². The maximum Gasteiger partial charge on any atom is 0.416 e. The molecule has 5 heteroatoms. The minimum Gasteiger partial charge on any atom is -0.342 e. The zero-order valence-corrected chi connectivity index (χ0v) is 9.31. The summed E-state index contributed by atoms with van der Waals surface area (Å²) in [7, 11) is 0. The monoisotopic (exact) mass is 230 g/mol. The van der Waals surface area contributed by atoms with E-state index in [9.17, 15) is 13.2 Å². The fourth-order valence-corrected chi connectivity index (χ4v) is 1.31. The molecule has 0 amide bonds. The van der Waals surface area contributed by atoms with Gasteiger partial charge in [0.05, 0.1) is 16.6 Å². The lowest BCUT2D eigenvalue weighted by atomic mass is 10.2. The van der Waals surface area contributed by atoms with Crippen LogP contribution < -0.4 is 0 Å². The van der Waals surface area contributed by atoms with Gasteiger partial charge in [-0.25, -0.2) is 4.98 Å². The fourth-order valence-electron chi connectivity index (χ4n) is 1.31. The van der Waals surface area contributed by atoms with Crippen molar-refractivity contribution < 1.29 is 13.2 Å². The van der Waals surface area contributed by atoms with Crippen LogP contribution in [0.3, 0.4) is 0 Å². The van der Waals surface area contributed by atoms with Gasteiger partial charge in [0.25, 0.3) is 0 Å². The van der Waals surface area contributed by atoms with Crippen molar-refractivity contribution in [2.45, 2.75) is 26.9 Å². The van der Waals surface area contributed by atoms with Crippen LogP contribution in [0.2, 0.25) is 0 Å². The highest BCUT2D eigenvalue weighted by molar-refractivity contribution is 5.75. The molecule has 1 heterocycles. The van der Waals surface area contributed by atoms with Gasteiger partial charge in [-0.05, 0) is 25.1 Å². The van der Waals surface area contributed by atoms with Crippen LogP contribution in [0.1, 0.15) is 25.2 Å². The van der Waals surface area contributed by atoms with E-state index < -0.39 is 11.7 Å². The third kappa shape index (κ3) is 2.53. The van der Waals surface area contributed by atoms with Crippen molar-refractivity contribution in [1.29, 1.82) is 0 Å². The molecule has 16 heavy (non-hydrogen) atoms.